The molecule has 1 saturated heterocycles. The SMILES string of the molecule is CCC(=O)NC1CN(C)C(CCC(F)(F)F)CC1C. The molecule has 112 valence electrons. The molecule has 3 unspecified atom stereocenters. The highest BCUT2D eigenvalue weighted by molar-refractivity contribution is 5.75. The van der Waals surface area contributed by atoms with E-state index < -0.39 is 12.6 Å². The van der Waals surface area contributed by atoms with Gasteiger partial charge in [0.1, 0.15) is 0 Å². The molecule has 0 aliphatic carbocycles. The Balaban J connectivity index is 2.49. The van der Waals surface area contributed by atoms with Crippen LogP contribution in [0.25, 0.3) is 0 Å². The molecule has 3 atom stereocenters. The first-order valence-electron chi connectivity index (χ1n) is 6.79. The van der Waals surface area contributed by atoms with Crippen LogP contribution in [0, 0.1) is 5.92 Å². The molecule has 0 aromatic rings. The number of alkyl halides is 3. The summed E-state index contributed by atoms with van der Waals surface area (Å²) in [5, 5.41) is 2.94. The van der Waals surface area contributed by atoms with Crippen LogP contribution in [0.2, 0.25) is 0 Å². The molecule has 0 saturated carbocycles. The Morgan fingerprint density at radius 1 is 1.42 bits per heavy atom. The molecule has 1 N–H and O–H groups in total. The summed E-state index contributed by atoms with van der Waals surface area (Å²) >= 11 is 0. The number of hydrogen-bond donors (Lipinski definition) is 1. The highest BCUT2D eigenvalue weighted by atomic mass is 19.4. The number of piperidine rings is 1. The topological polar surface area (TPSA) is 32.3 Å². The zero-order valence-corrected chi connectivity index (χ0v) is 11.8. The molecule has 6 heteroatoms. The number of nitrogens with zero attached hydrogens (tertiary/aromatic N) is 1. The van der Waals surface area contributed by atoms with Crippen molar-refractivity contribution >= 4 is 5.91 Å². The number of likely N-dealkylation sites (tertiary alicyclic amines) is 1. The number of halogens is 3. The summed E-state index contributed by atoms with van der Waals surface area (Å²) in [7, 11) is 1.83. The minimum absolute atomic E-state index is 0.000934. The van der Waals surface area contributed by atoms with Crippen molar-refractivity contribution < 1.29 is 18.0 Å². The molecule has 1 aliphatic heterocycles. The smallest absolute Gasteiger partial charge is 0.352 e. The lowest BCUT2D eigenvalue weighted by Crippen LogP contribution is -2.54. The van der Waals surface area contributed by atoms with Gasteiger partial charge in [0, 0.05) is 31.5 Å². The van der Waals surface area contributed by atoms with Crippen LogP contribution in [0.3, 0.4) is 0 Å². The van der Waals surface area contributed by atoms with E-state index >= 15 is 0 Å². The van der Waals surface area contributed by atoms with Crippen molar-refractivity contribution in [2.24, 2.45) is 5.92 Å². The molecule has 19 heavy (non-hydrogen) atoms. The first-order valence-corrected chi connectivity index (χ1v) is 6.79. The van der Waals surface area contributed by atoms with E-state index in [4.69, 9.17) is 0 Å². The Hall–Kier alpha value is -0.780. The summed E-state index contributed by atoms with van der Waals surface area (Å²) in [5.74, 6) is 0.212. The lowest BCUT2D eigenvalue weighted by molar-refractivity contribution is -0.139. The molecule has 0 aromatic heterocycles. The molecule has 1 fully saturated rings. The maximum Gasteiger partial charge on any atom is 0.389 e. The fourth-order valence-corrected chi connectivity index (χ4v) is 2.58. The second kappa shape index (κ2) is 6.59. The van der Waals surface area contributed by atoms with E-state index in [1.165, 1.54) is 0 Å². The maximum absolute atomic E-state index is 12.3. The predicted molar refractivity (Wildman–Crippen MR) is 67.7 cm³/mol. The summed E-state index contributed by atoms with van der Waals surface area (Å²) in [6.07, 6.45) is -3.55. The number of nitrogens with one attached hydrogen (secondary N) is 1. The number of likely N-dealkylation sites (N-methyl/N-ethyl adjacent to an activating group) is 1. The van der Waals surface area contributed by atoms with Gasteiger partial charge in [0.2, 0.25) is 5.91 Å². The van der Waals surface area contributed by atoms with Crippen LogP contribution in [-0.2, 0) is 4.79 Å². The normalized spacial score (nSPS) is 29.3. The summed E-state index contributed by atoms with van der Waals surface area (Å²) < 4.78 is 36.8. The van der Waals surface area contributed by atoms with Gasteiger partial charge in [0.15, 0.2) is 0 Å². The van der Waals surface area contributed by atoms with Crippen molar-refractivity contribution in [1.82, 2.24) is 10.2 Å². The molecule has 1 aliphatic rings. The van der Waals surface area contributed by atoms with Gasteiger partial charge in [0.05, 0.1) is 0 Å². The van der Waals surface area contributed by atoms with Crippen LogP contribution in [0.15, 0.2) is 0 Å². The highest BCUT2D eigenvalue weighted by Gasteiger charge is 2.35. The number of amides is 1. The van der Waals surface area contributed by atoms with Gasteiger partial charge in [-0.2, -0.15) is 13.2 Å². The predicted octanol–water partition coefficient (Wildman–Crippen LogP) is 2.56. The second-order valence-electron chi connectivity index (χ2n) is 5.49. The number of hydrogen-bond acceptors (Lipinski definition) is 2. The van der Waals surface area contributed by atoms with E-state index in [1.54, 1.807) is 6.92 Å². The average Bonchev–Trinajstić information content (AvgIpc) is 2.30. The number of rotatable bonds is 4. The monoisotopic (exact) mass is 280 g/mol. The van der Waals surface area contributed by atoms with Crippen molar-refractivity contribution in [2.75, 3.05) is 13.6 Å². The minimum Gasteiger partial charge on any atom is -0.352 e. The first-order chi connectivity index (χ1) is 8.73. The lowest BCUT2D eigenvalue weighted by atomic mass is 9.86. The van der Waals surface area contributed by atoms with E-state index in [-0.39, 0.29) is 30.3 Å². The molecule has 0 bridgehead atoms. The lowest BCUT2D eigenvalue weighted by Gasteiger charge is -2.41. The van der Waals surface area contributed by atoms with Crippen molar-refractivity contribution in [3.8, 4) is 0 Å². The Morgan fingerprint density at radius 3 is 2.58 bits per heavy atom. The van der Waals surface area contributed by atoms with Crippen molar-refractivity contribution in [2.45, 2.75) is 57.8 Å². The van der Waals surface area contributed by atoms with E-state index in [0.717, 1.165) is 0 Å². The van der Waals surface area contributed by atoms with Gasteiger partial charge in [-0.05, 0) is 25.8 Å². The van der Waals surface area contributed by atoms with Crippen LogP contribution in [0.4, 0.5) is 13.2 Å². The maximum atomic E-state index is 12.3. The van der Waals surface area contributed by atoms with Gasteiger partial charge < -0.3 is 10.2 Å². The first kappa shape index (κ1) is 16.3. The van der Waals surface area contributed by atoms with E-state index in [0.29, 0.717) is 19.4 Å². The Kier molecular flexibility index (Phi) is 5.64. The zero-order valence-electron chi connectivity index (χ0n) is 11.8. The quantitative estimate of drug-likeness (QED) is 0.858. The summed E-state index contributed by atoms with van der Waals surface area (Å²) in [6.45, 7) is 4.41. The van der Waals surface area contributed by atoms with Crippen molar-refractivity contribution in [3.05, 3.63) is 0 Å². The largest absolute Gasteiger partial charge is 0.389 e. The molecule has 3 nitrogen and oxygen atoms in total. The van der Waals surface area contributed by atoms with Crippen LogP contribution in [0.1, 0.15) is 39.5 Å². The molecule has 1 heterocycles. The zero-order chi connectivity index (χ0) is 14.6. The molecule has 0 radical (unpaired) electrons. The Labute approximate surface area is 112 Å². The standard InChI is InChI=1S/C13H23F3N2O/c1-4-12(19)17-11-8-18(3)10(7-9(11)2)5-6-13(14,15)16/h9-11H,4-8H2,1-3H3,(H,17,19). The van der Waals surface area contributed by atoms with Crippen LogP contribution < -0.4 is 5.32 Å². The third-order valence-electron chi connectivity index (χ3n) is 3.87. The van der Waals surface area contributed by atoms with E-state index in [1.807, 2.05) is 18.9 Å². The highest BCUT2D eigenvalue weighted by Crippen LogP contribution is 2.29. The van der Waals surface area contributed by atoms with Crippen molar-refractivity contribution in [3.63, 3.8) is 0 Å². The minimum atomic E-state index is -4.09. The van der Waals surface area contributed by atoms with Gasteiger partial charge in [-0.15, -0.1) is 0 Å². The van der Waals surface area contributed by atoms with Crippen LogP contribution >= 0.6 is 0 Å². The molecular formula is C13H23F3N2O. The van der Waals surface area contributed by atoms with Crippen molar-refractivity contribution in [1.29, 1.82) is 0 Å². The molecule has 0 aromatic carbocycles. The van der Waals surface area contributed by atoms with Gasteiger partial charge >= 0.3 is 6.18 Å². The molecule has 1 amide bonds. The Bertz CT molecular complexity index is 307. The molecular weight excluding hydrogens is 257 g/mol. The van der Waals surface area contributed by atoms with E-state index in [9.17, 15) is 18.0 Å². The summed E-state index contributed by atoms with van der Waals surface area (Å²) in [5.41, 5.74) is 0. The van der Waals surface area contributed by atoms with Gasteiger partial charge in [-0.1, -0.05) is 13.8 Å². The molecule has 0 spiro atoms. The second-order valence-corrected chi connectivity index (χ2v) is 5.49. The Morgan fingerprint density at radius 2 is 2.05 bits per heavy atom. The summed E-state index contributed by atoms with van der Waals surface area (Å²) in [6, 6.07) is -0.00834. The summed E-state index contributed by atoms with van der Waals surface area (Å²) in [4.78, 5) is 13.3. The van der Waals surface area contributed by atoms with Gasteiger partial charge in [-0.3, -0.25) is 4.79 Å². The van der Waals surface area contributed by atoms with Crippen LogP contribution in [-0.4, -0.2) is 42.7 Å². The van der Waals surface area contributed by atoms with Gasteiger partial charge in [-0.25, -0.2) is 0 Å². The fraction of sp³-hybridized carbons (Fsp3) is 0.923. The third-order valence-corrected chi connectivity index (χ3v) is 3.87. The fourth-order valence-electron chi connectivity index (χ4n) is 2.58. The molecule has 1 rings (SSSR count). The third kappa shape index (κ3) is 5.38. The number of carbonyl (C=O) groups is 1. The number of carbonyl (C=O) groups excluding carboxylic acids is 1. The van der Waals surface area contributed by atoms with E-state index in [2.05, 4.69) is 5.32 Å². The average molecular weight is 280 g/mol. The van der Waals surface area contributed by atoms with Gasteiger partial charge in [0.25, 0.3) is 0 Å². The van der Waals surface area contributed by atoms with Crippen LogP contribution in [0.5, 0.6) is 0 Å².